The van der Waals surface area contributed by atoms with Gasteiger partial charge in [0.05, 0.1) is 30.1 Å². The van der Waals surface area contributed by atoms with Crippen LogP contribution in [0.4, 0.5) is 23.1 Å². The number of hydrogen-bond acceptors (Lipinski definition) is 14. The molecule has 0 spiro atoms. The highest BCUT2D eigenvalue weighted by molar-refractivity contribution is 6.07. The smallest absolute Gasteiger partial charge is 0.263 e. The number of halogens is 2. The van der Waals surface area contributed by atoms with Crippen molar-refractivity contribution < 1.29 is 23.9 Å². The number of fused-ring (bicyclic) bond motifs is 2. The number of benzene rings is 1. The van der Waals surface area contributed by atoms with Crippen LogP contribution in [0.1, 0.15) is 83.3 Å². The summed E-state index contributed by atoms with van der Waals surface area (Å²) in [6.07, 6.45) is 7.97. The maximum absolute atomic E-state index is 13.6. The fourth-order valence-electron chi connectivity index (χ4n) is 9.81. The average molecular weight is 905 g/mol. The number of aromatic nitrogens is 4. The van der Waals surface area contributed by atoms with Crippen molar-refractivity contribution in [2.75, 3.05) is 87.7 Å². The predicted molar refractivity (Wildman–Crippen MR) is 244 cm³/mol. The van der Waals surface area contributed by atoms with Crippen molar-refractivity contribution in [3.63, 3.8) is 0 Å². The lowest BCUT2D eigenvalue weighted by Crippen LogP contribution is -2.52. The molecule has 9 rings (SSSR count). The zero-order chi connectivity index (χ0) is 42.4. The second-order valence-electron chi connectivity index (χ2n) is 16.9. The van der Waals surface area contributed by atoms with E-state index in [4.69, 9.17) is 9.72 Å². The van der Waals surface area contributed by atoms with E-state index in [0.29, 0.717) is 52.6 Å². The van der Waals surface area contributed by atoms with Crippen molar-refractivity contribution in [3.05, 3.63) is 69.3 Å². The Balaban J connectivity index is 0.00000298. The fourth-order valence-corrected chi connectivity index (χ4v) is 9.81. The molecular weight excluding hydrogens is 849 g/mol. The van der Waals surface area contributed by atoms with Crippen molar-refractivity contribution >= 4 is 82.5 Å². The highest BCUT2D eigenvalue weighted by Gasteiger charge is 2.41. The Labute approximate surface area is 378 Å². The minimum atomic E-state index is -0.663. The molecule has 7 heterocycles. The Bertz CT molecular complexity index is 2450. The number of pyridine rings is 2. The largest absolute Gasteiger partial charge is 0.496 e. The van der Waals surface area contributed by atoms with Gasteiger partial charge in [-0.25, -0.2) is 9.97 Å². The molecule has 19 heteroatoms. The topological polar surface area (TPSA) is 178 Å². The van der Waals surface area contributed by atoms with E-state index in [9.17, 15) is 24.0 Å². The molecule has 3 saturated heterocycles. The molecule has 1 atom stereocenters. The molecular formula is C44H55Cl2N11O6. The number of rotatable bonds is 11. The first kappa shape index (κ1) is 45.7. The number of nitrogens with zero attached hydrogens (tertiary/aromatic N) is 9. The molecule has 4 fully saturated rings. The molecule has 0 bridgehead atoms. The molecule has 1 aromatic carbocycles. The molecule has 1 unspecified atom stereocenters. The molecule has 3 amide bonds. The number of carbonyl (C=O) groups is 4. The summed E-state index contributed by atoms with van der Waals surface area (Å²) < 4.78 is 7.42. The van der Waals surface area contributed by atoms with Crippen LogP contribution < -0.4 is 30.7 Å². The molecule has 4 aliphatic heterocycles. The highest BCUT2D eigenvalue weighted by Crippen LogP contribution is 2.38. The number of imide groups is 1. The molecule has 5 aliphatic rings. The molecule has 1 saturated carbocycles. The zero-order valence-corrected chi connectivity index (χ0v) is 37.6. The average Bonchev–Trinajstić information content (AvgIpc) is 3.91. The van der Waals surface area contributed by atoms with Crippen LogP contribution in [0, 0.1) is 6.92 Å². The van der Waals surface area contributed by atoms with E-state index < -0.39 is 11.9 Å². The molecule has 336 valence electrons. The molecule has 4 aromatic rings. The summed E-state index contributed by atoms with van der Waals surface area (Å²) >= 11 is 0. The van der Waals surface area contributed by atoms with Crippen molar-refractivity contribution in [3.8, 4) is 5.75 Å². The Morgan fingerprint density at radius 2 is 1.52 bits per heavy atom. The van der Waals surface area contributed by atoms with E-state index in [0.717, 1.165) is 108 Å². The van der Waals surface area contributed by atoms with Crippen molar-refractivity contribution in [1.82, 2.24) is 39.5 Å². The van der Waals surface area contributed by atoms with Gasteiger partial charge in [0.1, 0.15) is 23.3 Å². The van der Waals surface area contributed by atoms with Crippen molar-refractivity contribution in [2.24, 2.45) is 0 Å². The van der Waals surface area contributed by atoms with Crippen molar-refractivity contribution in [2.45, 2.75) is 71.0 Å². The zero-order valence-electron chi connectivity index (χ0n) is 35.9. The van der Waals surface area contributed by atoms with Crippen LogP contribution in [-0.4, -0.2) is 136 Å². The standard InChI is InChI=1S/C44H53N11O6.2ClH/c1-27-33-25-46-44(49-40(33)55(30-6-4-5-7-30)43(60)38(27)28(2)56)47-36-10-8-31(24-45-36)52-18-14-50(15-19-52)12-13-51-16-20-53(21-17-51)32-22-29-26-54(34-9-11-37(57)48-41(34)58)42(59)39(29)35(23-32)61-3;;/h8,10,22-25,30,34H,4-7,9,11-21,26H2,1-3H3,(H,48,57,58)(H,45,46,47,49);2*1H. The first-order valence-corrected chi connectivity index (χ1v) is 21.5. The summed E-state index contributed by atoms with van der Waals surface area (Å²) in [5.74, 6) is 0.284. The fraction of sp³-hybridized carbons (Fsp3) is 0.500. The number of amides is 3. The van der Waals surface area contributed by atoms with Gasteiger partial charge in [0.15, 0.2) is 5.78 Å². The van der Waals surface area contributed by atoms with Crippen molar-refractivity contribution in [1.29, 1.82) is 0 Å². The van der Waals surface area contributed by atoms with Gasteiger partial charge in [0.2, 0.25) is 17.8 Å². The minimum Gasteiger partial charge on any atom is -0.496 e. The summed E-state index contributed by atoms with van der Waals surface area (Å²) in [5, 5.41) is 6.31. The number of aryl methyl sites for hydroxylation is 1. The van der Waals surface area contributed by atoms with E-state index in [2.05, 4.69) is 52.3 Å². The normalized spacial score (nSPS) is 19.8. The number of ketones is 1. The van der Waals surface area contributed by atoms with E-state index in [1.54, 1.807) is 29.7 Å². The Hall–Kier alpha value is -5.36. The molecule has 2 N–H and O–H groups in total. The van der Waals surface area contributed by atoms with Gasteiger partial charge >= 0.3 is 0 Å². The molecule has 1 aliphatic carbocycles. The van der Waals surface area contributed by atoms with Gasteiger partial charge in [0, 0.05) is 108 Å². The summed E-state index contributed by atoms with van der Waals surface area (Å²) in [6, 6.07) is 7.33. The van der Waals surface area contributed by atoms with Gasteiger partial charge in [0.25, 0.3) is 11.5 Å². The lowest BCUT2D eigenvalue weighted by atomic mass is 10.0. The van der Waals surface area contributed by atoms with Crippen LogP contribution in [0.3, 0.4) is 0 Å². The van der Waals surface area contributed by atoms with E-state index in [1.807, 2.05) is 18.3 Å². The van der Waals surface area contributed by atoms with Gasteiger partial charge in [-0.15, -0.1) is 24.8 Å². The van der Waals surface area contributed by atoms with Crippen LogP contribution >= 0.6 is 24.8 Å². The molecule has 3 aromatic heterocycles. The summed E-state index contributed by atoms with van der Waals surface area (Å²) in [6.45, 7) is 12.8. The Morgan fingerprint density at radius 1 is 0.857 bits per heavy atom. The molecule has 0 radical (unpaired) electrons. The van der Waals surface area contributed by atoms with Crippen LogP contribution in [-0.2, 0) is 16.1 Å². The Kier molecular flexibility index (Phi) is 13.9. The molecule has 17 nitrogen and oxygen atoms in total. The van der Waals surface area contributed by atoms with Crippen LogP contribution in [0.15, 0.2) is 41.5 Å². The number of methoxy groups -OCH3 is 1. The molecule has 63 heavy (non-hydrogen) atoms. The highest BCUT2D eigenvalue weighted by atomic mass is 35.5. The second-order valence-corrected chi connectivity index (χ2v) is 16.9. The van der Waals surface area contributed by atoms with E-state index in [1.165, 1.54) is 6.92 Å². The minimum absolute atomic E-state index is 0. The van der Waals surface area contributed by atoms with Gasteiger partial charge in [-0.1, -0.05) is 12.8 Å². The predicted octanol–water partition coefficient (Wildman–Crippen LogP) is 4.11. The van der Waals surface area contributed by atoms with E-state index in [-0.39, 0.29) is 66.0 Å². The lowest BCUT2D eigenvalue weighted by Gasteiger charge is -2.39. The summed E-state index contributed by atoms with van der Waals surface area (Å²) in [5.41, 5.74) is 4.53. The Morgan fingerprint density at radius 3 is 2.13 bits per heavy atom. The maximum atomic E-state index is 13.6. The van der Waals surface area contributed by atoms with Gasteiger partial charge < -0.3 is 24.8 Å². The SMILES string of the molecule is COc1cc(N2CCN(CCN3CCN(c4ccc(Nc5ncc6c(C)c(C(C)=O)c(=O)n(C7CCCC7)c6n5)nc4)CC3)CC2)cc2c1C(=O)N(C1CCC(=O)NC1=O)C2.Cl.Cl. The number of nitrogens with one attached hydrogen (secondary N) is 2. The van der Waals surface area contributed by atoms with Gasteiger partial charge in [-0.2, -0.15) is 4.98 Å². The van der Waals surface area contributed by atoms with E-state index >= 15 is 0 Å². The number of ether oxygens (including phenoxy) is 1. The second kappa shape index (κ2) is 19.2. The third-order valence-corrected chi connectivity index (χ3v) is 13.2. The monoisotopic (exact) mass is 903 g/mol. The van der Waals surface area contributed by atoms with Crippen LogP contribution in [0.25, 0.3) is 11.0 Å². The number of carbonyl (C=O) groups excluding carboxylic acids is 4. The van der Waals surface area contributed by atoms with Crippen LogP contribution in [0.5, 0.6) is 5.75 Å². The lowest BCUT2D eigenvalue weighted by molar-refractivity contribution is -0.136. The third-order valence-electron chi connectivity index (χ3n) is 13.2. The summed E-state index contributed by atoms with van der Waals surface area (Å²) in [7, 11) is 1.57. The maximum Gasteiger partial charge on any atom is 0.263 e. The summed E-state index contributed by atoms with van der Waals surface area (Å²) in [4.78, 5) is 89.1. The first-order chi connectivity index (χ1) is 29.6. The van der Waals surface area contributed by atoms with Gasteiger partial charge in [-0.3, -0.25) is 43.7 Å². The number of Topliss-reactive ketones (excluding diaryl/α,β-unsaturated/α-hetero) is 1. The quantitative estimate of drug-likeness (QED) is 0.162. The number of piperidine rings is 1. The number of anilines is 4. The van der Waals surface area contributed by atoms with Crippen LogP contribution in [0.2, 0.25) is 0 Å². The van der Waals surface area contributed by atoms with Gasteiger partial charge in [-0.05, 0) is 62.4 Å². The third kappa shape index (κ3) is 9.06. The number of hydrogen-bond donors (Lipinski definition) is 2. The number of piperazine rings is 2. The first-order valence-electron chi connectivity index (χ1n) is 21.5.